The van der Waals surface area contributed by atoms with Crippen molar-refractivity contribution in [3.05, 3.63) is 47.0 Å². The maximum atomic E-state index is 11.9. The van der Waals surface area contributed by atoms with E-state index in [9.17, 15) is 15.2 Å². The molecular formula is C32H46N2O6. The molecular weight excluding hydrogens is 508 g/mol. The first-order valence-electron chi connectivity index (χ1n) is 14.0. The van der Waals surface area contributed by atoms with Gasteiger partial charge >= 0.3 is 0 Å². The summed E-state index contributed by atoms with van der Waals surface area (Å²) in [7, 11) is 8.44. The van der Waals surface area contributed by atoms with E-state index >= 15 is 0 Å². The summed E-state index contributed by atoms with van der Waals surface area (Å²) in [5, 5.41) is 22.4. The van der Waals surface area contributed by atoms with Crippen LogP contribution >= 0.6 is 0 Å². The molecule has 0 aliphatic heterocycles. The van der Waals surface area contributed by atoms with Gasteiger partial charge in [0.2, 0.25) is 0 Å². The number of nitrogens with zero attached hydrogens (tertiary/aromatic N) is 2. The van der Waals surface area contributed by atoms with E-state index in [0.717, 1.165) is 48.9 Å². The fraction of sp³-hybridized carbons (Fsp3) is 0.562. The van der Waals surface area contributed by atoms with Gasteiger partial charge in [0, 0.05) is 12.0 Å². The van der Waals surface area contributed by atoms with Crippen LogP contribution in [-0.4, -0.2) is 65.6 Å². The molecule has 0 radical (unpaired) electrons. The number of carbonyl (C=O) groups is 1. The molecule has 0 fully saturated rings. The quantitative estimate of drug-likeness (QED) is 0.260. The Hall–Kier alpha value is -3.44. The predicted molar refractivity (Wildman–Crippen MR) is 154 cm³/mol. The summed E-state index contributed by atoms with van der Waals surface area (Å²) >= 11 is 0. The van der Waals surface area contributed by atoms with Crippen molar-refractivity contribution in [2.45, 2.75) is 58.3 Å². The molecule has 0 aromatic heterocycles. The van der Waals surface area contributed by atoms with Crippen molar-refractivity contribution < 1.29 is 33.3 Å². The Labute approximate surface area is 240 Å². The number of methoxy groups -OCH3 is 4. The molecule has 8 nitrogen and oxygen atoms in total. The van der Waals surface area contributed by atoms with E-state index in [1.165, 1.54) is 20.3 Å². The van der Waals surface area contributed by atoms with Crippen molar-refractivity contribution in [1.82, 2.24) is 0 Å². The number of rotatable bonds is 17. The number of nitriles is 1. The van der Waals surface area contributed by atoms with Gasteiger partial charge < -0.3 is 33.3 Å². The van der Waals surface area contributed by atoms with E-state index in [0.29, 0.717) is 41.4 Å². The second-order valence-corrected chi connectivity index (χ2v) is 11.0. The van der Waals surface area contributed by atoms with Crippen LogP contribution in [0.15, 0.2) is 30.3 Å². The average molecular weight is 555 g/mol. The normalized spacial score (nSPS) is 14.1. The second kappa shape index (κ2) is 14.8. The van der Waals surface area contributed by atoms with Gasteiger partial charge in [-0.25, -0.2) is 0 Å². The zero-order valence-corrected chi connectivity index (χ0v) is 25.5. The molecule has 0 bridgehead atoms. The number of quaternary nitrogens is 1. The van der Waals surface area contributed by atoms with Gasteiger partial charge in [0.05, 0.1) is 72.6 Å². The van der Waals surface area contributed by atoms with Crippen LogP contribution < -0.4 is 24.1 Å². The number of likely N-dealkylation sites (N-methyl/N-ethyl adjacent to an activating group) is 1. The first-order valence-corrected chi connectivity index (χ1v) is 14.0. The standard InChI is InChI=1S/C32H46N2O6/c1-9-10-16-34(4,18-14-24-19-28(38-6)30(40-8)21-26(24)31(35)36)17-11-15-32(22-33,23(2)3)25-12-13-27(37-5)29(20-25)39-7/h12-13,19-21,23H,9-11,14-18H2,1-8H3. The highest BCUT2D eigenvalue weighted by molar-refractivity contribution is 5.88. The Morgan fingerprint density at radius 2 is 1.50 bits per heavy atom. The smallest absolute Gasteiger partial charge is 0.161 e. The number of hydrogen-bond acceptors (Lipinski definition) is 7. The fourth-order valence-electron chi connectivity index (χ4n) is 5.45. The number of carbonyl (C=O) groups excluding carboxylic acids is 1. The zero-order valence-electron chi connectivity index (χ0n) is 25.5. The first kappa shape index (κ1) is 32.8. The lowest BCUT2D eigenvalue weighted by Crippen LogP contribution is -2.47. The number of unbranched alkanes of at least 4 members (excludes halogenated alkanes) is 1. The monoisotopic (exact) mass is 554 g/mol. The fourth-order valence-corrected chi connectivity index (χ4v) is 5.45. The van der Waals surface area contributed by atoms with Crippen molar-refractivity contribution in [3.63, 3.8) is 0 Å². The van der Waals surface area contributed by atoms with Crippen LogP contribution in [0, 0.1) is 17.2 Å². The van der Waals surface area contributed by atoms with Crippen LogP contribution in [0.4, 0.5) is 0 Å². The number of carboxylic acid groups (broad SMARTS) is 1. The minimum atomic E-state index is -1.23. The molecule has 0 N–H and O–H groups in total. The first-order chi connectivity index (χ1) is 19.0. The number of aromatic carboxylic acids is 1. The highest BCUT2D eigenvalue weighted by atomic mass is 16.5. The number of ether oxygens (including phenoxy) is 4. The van der Waals surface area contributed by atoms with Gasteiger partial charge in [-0.15, -0.1) is 0 Å². The summed E-state index contributed by atoms with van der Waals surface area (Å²) in [5.41, 5.74) is 1.03. The van der Waals surface area contributed by atoms with Gasteiger partial charge in [-0.3, -0.25) is 0 Å². The Bertz CT molecular complexity index is 1170. The third-order valence-electron chi connectivity index (χ3n) is 8.15. The Balaban J connectivity index is 2.31. The Morgan fingerprint density at radius 3 is 2.02 bits per heavy atom. The van der Waals surface area contributed by atoms with Crippen LogP contribution in [0.3, 0.4) is 0 Å². The SMILES string of the molecule is CCCC[N+](C)(CCCC(C#N)(c1ccc(OC)c(OC)c1)C(C)C)CCc1cc(OC)c(OC)cc1C(=O)[O-]. The molecule has 8 heteroatoms. The van der Waals surface area contributed by atoms with Crippen LogP contribution in [0.1, 0.15) is 67.9 Å². The zero-order chi connectivity index (χ0) is 29.9. The van der Waals surface area contributed by atoms with Gasteiger partial charge in [0.1, 0.15) is 0 Å². The molecule has 2 aromatic carbocycles. The molecule has 0 amide bonds. The molecule has 0 heterocycles. The molecule has 0 aliphatic rings. The van der Waals surface area contributed by atoms with E-state index in [1.807, 2.05) is 18.2 Å². The van der Waals surface area contributed by atoms with Gasteiger partial charge in [0.15, 0.2) is 23.0 Å². The molecule has 0 aliphatic carbocycles. The summed E-state index contributed by atoms with van der Waals surface area (Å²) in [5.74, 6) is 0.965. The molecule has 0 saturated heterocycles. The third kappa shape index (κ3) is 7.60. The summed E-state index contributed by atoms with van der Waals surface area (Å²) in [6.07, 6.45) is 4.19. The molecule has 0 spiro atoms. The van der Waals surface area contributed by atoms with Crippen molar-refractivity contribution in [3.8, 4) is 29.1 Å². The van der Waals surface area contributed by atoms with Gasteiger partial charge in [-0.05, 0) is 60.6 Å². The molecule has 2 aromatic rings. The summed E-state index contributed by atoms with van der Waals surface area (Å²) < 4.78 is 22.4. The van der Waals surface area contributed by atoms with E-state index in [-0.39, 0.29) is 11.5 Å². The molecule has 2 atom stereocenters. The van der Waals surface area contributed by atoms with E-state index < -0.39 is 11.4 Å². The van der Waals surface area contributed by atoms with Crippen molar-refractivity contribution >= 4 is 5.97 Å². The maximum Gasteiger partial charge on any atom is 0.161 e. The number of carboxylic acids is 1. The molecule has 0 saturated carbocycles. The minimum absolute atomic E-state index is 0.0855. The average Bonchev–Trinajstić information content (AvgIpc) is 2.96. The largest absolute Gasteiger partial charge is 0.545 e. The van der Waals surface area contributed by atoms with E-state index in [2.05, 4.69) is 33.9 Å². The maximum absolute atomic E-state index is 11.9. The van der Waals surface area contributed by atoms with Crippen LogP contribution in [0.2, 0.25) is 0 Å². The molecule has 220 valence electrons. The van der Waals surface area contributed by atoms with Gasteiger partial charge in [-0.2, -0.15) is 5.26 Å². The second-order valence-electron chi connectivity index (χ2n) is 11.0. The van der Waals surface area contributed by atoms with Crippen molar-refractivity contribution in [2.24, 2.45) is 5.92 Å². The lowest BCUT2D eigenvalue weighted by Gasteiger charge is -2.37. The third-order valence-corrected chi connectivity index (χ3v) is 8.15. The van der Waals surface area contributed by atoms with Crippen LogP contribution in [-0.2, 0) is 11.8 Å². The number of benzene rings is 2. The summed E-state index contributed by atoms with van der Waals surface area (Å²) in [6.45, 7) is 8.91. The highest BCUT2D eigenvalue weighted by Crippen LogP contribution is 2.40. The number of hydrogen-bond donors (Lipinski definition) is 0. The lowest BCUT2D eigenvalue weighted by molar-refractivity contribution is -0.909. The minimum Gasteiger partial charge on any atom is -0.545 e. The Morgan fingerprint density at radius 1 is 0.925 bits per heavy atom. The molecule has 2 unspecified atom stereocenters. The summed E-state index contributed by atoms with van der Waals surface area (Å²) in [4.78, 5) is 11.9. The van der Waals surface area contributed by atoms with Gasteiger partial charge in [-0.1, -0.05) is 33.3 Å². The van der Waals surface area contributed by atoms with Gasteiger partial charge in [0.25, 0.3) is 0 Å². The molecule has 2 rings (SSSR count). The summed E-state index contributed by atoms with van der Waals surface area (Å²) in [6, 6.07) is 11.6. The molecule has 40 heavy (non-hydrogen) atoms. The lowest BCUT2D eigenvalue weighted by atomic mass is 9.69. The van der Waals surface area contributed by atoms with E-state index in [4.69, 9.17) is 18.9 Å². The topological polar surface area (TPSA) is 101 Å². The van der Waals surface area contributed by atoms with E-state index in [1.54, 1.807) is 20.3 Å². The van der Waals surface area contributed by atoms with Crippen LogP contribution in [0.5, 0.6) is 23.0 Å². The van der Waals surface area contributed by atoms with Crippen molar-refractivity contribution in [1.29, 1.82) is 5.26 Å². The predicted octanol–water partition coefficient (Wildman–Crippen LogP) is 4.77. The Kier molecular flexibility index (Phi) is 12.1. The highest BCUT2D eigenvalue weighted by Gasteiger charge is 2.37. The van der Waals surface area contributed by atoms with Crippen molar-refractivity contribution in [2.75, 3.05) is 55.1 Å². The van der Waals surface area contributed by atoms with Crippen LogP contribution in [0.25, 0.3) is 0 Å².